The van der Waals surface area contributed by atoms with Crippen LogP contribution in [0, 0.1) is 0 Å². The number of alkyl halides is 2. The molecular formula is C9H7Br2Cl2NO. The van der Waals surface area contributed by atoms with Crippen molar-refractivity contribution >= 4 is 61.0 Å². The molecule has 1 aromatic carbocycles. The topological polar surface area (TPSA) is 29.1 Å². The molecule has 0 fully saturated rings. The Morgan fingerprint density at radius 3 is 2.27 bits per heavy atom. The normalized spacial score (nSPS) is 10.5. The average Bonchev–Trinajstić information content (AvgIpc) is 2.12. The SMILES string of the molecule is O=C(NCC(Cl)Cl)c1cc(Br)cc(Br)c1. The number of carbonyl (C=O) groups is 1. The fourth-order valence-corrected chi connectivity index (χ4v) is 2.40. The van der Waals surface area contributed by atoms with Crippen molar-refractivity contribution < 1.29 is 4.79 Å². The third kappa shape index (κ3) is 4.72. The van der Waals surface area contributed by atoms with Crippen LogP contribution in [0.5, 0.6) is 0 Å². The van der Waals surface area contributed by atoms with E-state index in [1.807, 2.05) is 6.07 Å². The fourth-order valence-electron chi connectivity index (χ4n) is 0.957. The third-order valence-electron chi connectivity index (χ3n) is 1.54. The standard InChI is InChI=1S/C9H7Br2Cl2NO/c10-6-1-5(2-7(11)3-6)9(15)14-4-8(12)13/h1-3,8H,4H2,(H,14,15). The predicted molar refractivity (Wildman–Crippen MR) is 69.7 cm³/mol. The number of halogens is 4. The summed E-state index contributed by atoms with van der Waals surface area (Å²) in [6.07, 6.45) is 0. The average molecular weight is 376 g/mol. The lowest BCUT2D eigenvalue weighted by Gasteiger charge is -2.06. The van der Waals surface area contributed by atoms with Crippen LogP contribution in [0.1, 0.15) is 10.4 Å². The Balaban J connectivity index is 2.73. The molecule has 0 atom stereocenters. The molecule has 0 bridgehead atoms. The summed E-state index contributed by atoms with van der Waals surface area (Å²) >= 11 is 17.6. The third-order valence-corrected chi connectivity index (χ3v) is 2.77. The first-order valence-electron chi connectivity index (χ1n) is 4.01. The van der Waals surface area contributed by atoms with Gasteiger partial charge >= 0.3 is 0 Å². The van der Waals surface area contributed by atoms with Crippen LogP contribution in [0.3, 0.4) is 0 Å². The Kier molecular flexibility index (Phi) is 5.39. The first-order valence-corrected chi connectivity index (χ1v) is 6.47. The van der Waals surface area contributed by atoms with Crippen molar-refractivity contribution in [1.82, 2.24) is 5.32 Å². The molecule has 0 aromatic heterocycles. The summed E-state index contributed by atoms with van der Waals surface area (Å²) in [5, 5.41) is 2.61. The van der Waals surface area contributed by atoms with Gasteiger partial charge in [0.15, 0.2) is 0 Å². The van der Waals surface area contributed by atoms with E-state index >= 15 is 0 Å². The van der Waals surface area contributed by atoms with Gasteiger partial charge in [-0.3, -0.25) is 4.79 Å². The molecule has 0 saturated carbocycles. The van der Waals surface area contributed by atoms with Gasteiger partial charge in [-0.25, -0.2) is 0 Å². The Morgan fingerprint density at radius 2 is 1.80 bits per heavy atom. The highest BCUT2D eigenvalue weighted by atomic mass is 79.9. The molecule has 15 heavy (non-hydrogen) atoms. The second kappa shape index (κ2) is 6.09. The lowest BCUT2D eigenvalue weighted by molar-refractivity contribution is 0.0955. The summed E-state index contributed by atoms with van der Waals surface area (Å²) in [4.78, 5) is 11.0. The van der Waals surface area contributed by atoms with Crippen LogP contribution >= 0.6 is 55.1 Å². The van der Waals surface area contributed by atoms with Crippen molar-refractivity contribution in [2.45, 2.75) is 4.84 Å². The van der Waals surface area contributed by atoms with Gasteiger partial charge < -0.3 is 5.32 Å². The van der Waals surface area contributed by atoms with Crippen molar-refractivity contribution in [2.75, 3.05) is 6.54 Å². The maximum atomic E-state index is 11.6. The molecular weight excluding hydrogens is 369 g/mol. The minimum Gasteiger partial charge on any atom is -0.349 e. The maximum absolute atomic E-state index is 11.6. The van der Waals surface area contributed by atoms with Gasteiger partial charge in [0, 0.05) is 21.1 Å². The van der Waals surface area contributed by atoms with Crippen LogP contribution in [0.15, 0.2) is 27.1 Å². The summed E-state index contributed by atoms with van der Waals surface area (Å²) in [5.74, 6) is -0.205. The highest BCUT2D eigenvalue weighted by Gasteiger charge is 2.08. The maximum Gasteiger partial charge on any atom is 0.251 e. The van der Waals surface area contributed by atoms with Gasteiger partial charge in [-0.1, -0.05) is 31.9 Å². The van der Waals surface area contributed by atoms with Gasteiger partial charge in [0.05, 0.1) is 0 Å². The minimum absolute atomic E-state index is 0.205. The second-order valence-corrected chi connectivity index (χ2v) is 5.87. The minimum atomic E-state index is -0.593. The van der Waals surface area contributed by atoms with Crippen molar-refractivity contribution in [3.05, 3.63) is 32.7 Å². The molecule has 0 heterocycles. The molecule has 1 aromatic rings. The second-order valence-electron chi connectivity index (χ2n) is 2.76. The highest BCUT2D eigenvalue weighted by molar-refractivity contribution is 9.11. The van der Waals surface area contributed by atoms with E-state index < -0.39 is 4.84 Å². The van der Waals surface area contributed by atoms with Gasteiger partial charge in [0.2, 0.25) is 0 Å². The number of carbonyl (C=O) groups excluding carboxylic acids is 1. The molecule has 1 N–H and O–H groups in total. The fraction of sp³-hybridized carbons (Fsp3) is 0.222. The molecule has 0 aliphatic rings. The van der Waals surface area contributed by atoms with Gasteiger partial charge in [-0.2, -0.15) is 0 Å². The lowest BCUT2D eigenvalue weighted by atomic mass is 10.2. The van der Waals surface area contributed by atoms with E-state index in [9.17, 15) is 4.79 Å². The quantitative estimate of drug-likeness (QED) is 0.801. The largest absolute Gasteiger partial charge is 0.349 e. The molecule has 0 aliphatic carbocycles. The van der Waals surface area contributed by atoms with E-state index in [0.29, 0.717) is 5.56 Å². The van der Waals surface area contributed by atoms with E-state index in [-0.39, 0.29) is 12.5 Å². The number of hydrogen-bond acceptors (Lipinski definition) is 1. The summed E-state index contributed by atoms with van der Waals surface area (Å²) in [5.41, 5.74) is 0.547. The molecule has 1 rings (SSSR count). The molecule has 0 spiro atoms. The molecule has 6 heteroatoms. The smallest absolute Gasteiger partial charge is 0.251 e. The van der Waals surface area contributed by atoms with E-state index in [1.54, 1.807) is 12.1 Å². The van der Waals surface area contributed by atoms with E-state index in [0.717, 1.165) is 8.95 Å². The first kappa shape index (κ1) is 13.3. The molecule has 1 amide bonds. The van der Waals surface area contributed by atoms with Gasteiger partial charge in [0.1, 0.15) is 4.84 Å². The molecule has 0 saturated heterocycles. The van der Waals surface area contributed by atoms with E-state index in [4.69, 9.17) is 23.2 Å². The zero-order valence-corrected chi connectivity index (χ0v) is 12.1. The Morgan fingerprint density at radius 1 is 1.27 bits per heavy atom. The molecule has 2 nitrogen and oxygen atoms in total. The highest BCUT2D eigenvalue weighted by Crippen LogP contribution is 2.20. The summed E-state index contributed by atoms with van der Waals surface area (Å²) in [6, 6.07) is 5.29. The van der Waals surface area contributed by atoms with Gasteiger partial charge in [0.25, 0.3) is 5.91 Å². The van der Waals surface area contributed by atoms with Crippen LogP contribution in [0.25, 0.3) is 0 Å². The lowest BCUT2D eigenvalue weighted by Crippen LogP contribution is -2.27. The number of benzene rings is 1. The van der Waals surface area contributed by atoms with Crippen molar-refractivity contribution in [1.29, 1.82) is 0 Å². The van der Waals surface area contributed by atoms with Crippen LogP contribution in [0.4, 0.5) is 0 Å². The number of rotatable bonds is 3. The Labute approximate surface area is 115 Å². The van der Waals surface area contributed by atoms with Crippen molar-refractivity contribution in [3.63, 3.8) is 0 Å². The van der Waals surface area contributed by atoms with Gasteiger partial charge in [-0.05, 0) is 18.2 Å². The van der Waals surface area contributed by atoms with E-state index in [2.05, 4.69) is 37.2 Å². The molecule has 0 unspecified atom stereocenters. The molecule has 0 aliphatic heterocycles. The van der Waals surface area contributed by atoms with E-state index in [1.165, 1.54) is 0 Å². The predicted octanol–water partition coefficient (Wildman–Crippen LogP) is 3.75. The molecule has 82 valence electrons. The van der Waals surface area contributed by atoms with Crippen molar-refractivity contribution in [2.24, 2.45) is 0 Å². The number of nitrogens with one attached hydrogen (secondary N) is 1. The van der Waals surface area contributed by atoms with Crippen molar-refractivity contribution in [3.8, 4) is 0 Å². The summed E-state index contributed by atoms with van der Waals surface area (Å²) < 4.78 is 1.66. The Bertz CT molecular complexity index is 351. The first-order chi connectivity index (χ1) is 6.99. The number of amides is 1. The van der Waals surface area contributed by atoms with Crippen LogP contribution in [-0.2, 0) is 0 Å². The summed E-state index contributed by atoms with van der Waals surface area (Å²) in [7, 11) is 0. The zero-order chi connectivity index (χ0) is 11.4. The summed E-state index contributed by atoms with van der Waals surface area (Å²) in [6.45, 7) is 0.228. The monoisotopic (exact) mass is 373 g/mol. The van der Waals surface area contributed by atoms with Crippen LogP contribution < -0.4 is 5.32 Å². The van der Waals surface area contributed by atoms with Crippen LogP contribution in [0.2, 0.25) is 0 Å². The number of hydrogen-bond donors (Lipinski definition) is 1. The van der Waals surface area contributed by atoms with Crippen LogP contribution in [-0.4, -0.2) is 17.3 Å². The zero-order valence-electron chi connectivity index (χ0n) is 7.44. The molecule has 0 radical (unpaired) electrons. The van der Waals surface area contributed by atoms with Gasteiger partial charge in [-0.15, -0.1) is 23.2 Å². The Hall–Kier alpha value is 0.230.